The molecule has 1 fully saturated rings. The Bertz CT molecular complexity index is 713. The zero-order valence-corrected chi connectivity index (χ0v) is 16.2. The van der Waals surface area contributed by atoms with Crippen molar-refractivity contribution in [2.24, 2.45) is 5.92 Å². The van der Waals surface area contributed by atoms with E-state index in [2.05, 4.69) is 60.5 Å². The second-order valence-corrected chi connectivity index (χ2v) is 7.76. The van der Waals surface area contributed by atoms with Gasteiger partial charge < -0.3 is 5.32 Å². The maximum Gasteiger partial charge on any atom is 0.251 e. The standard InChI is InChI=1S/C23H30N2O/c1-17-4-8-21(9-5-17)19(3)24-23(26)22-10-6-20(7-11-22)16-25-14-12-18(2)13-15-25/h4-11,18-19H,12-16H2,1-3H3,(H,24,26). The maximum atomic E-state index is 12.5. The number of hydrogen-bond acceptors (Lipinski definition) is 2. The monoisotopic (exact) mass is 350 g/mol. The van der Waals surface area contributed by atoms with Gasteiger partial charge in [-0.2, -0.15) is 0 Å². The molecule has 0 aromatic heterocycles. The Kier molecular flexibility index (Phi) is 6.10. The lowest BCUT2D eigenvalue weighted by molar-refractivity contribution is 0.0940. The van der Waals surface area contributed by atoms with Gasteiger partial charge in [0, 0.05) is 12.1 Å². The van der Waals surface area contributed by atoms with Crippen molar-refractivity contribution in [3.63, 3.8) is 0 Å². The minimum Gasteiger partial charge on any atom is -0.346 e. The van der Waals surface area contributed by atoms with Crippen LogP contribution in [0.1, 0.15) is 59.8 Å². The number of carbonyl (C=O) groups is 1. The van der Waals surface area contributed by atoms with Gasteiger partial charge in [-0.1, -0.05) is 48.9 Å². The lowest BCUT2D eigenvalue weighted by Gasteiger charge is -2.30. The molecular formula is C23H30N2O. The van der Waals surface area contributed by atoms with Crippen LogP contribution in [-0.2, 0) is 6.54 Å². The second kappa shape index (κ2) is 8.50. The van der Waals surface area contributed by atoms with Gasteiger partial charge >= 0.3 is 0 Å². The number of benzene rings is 2. The van der Waals surface area contributed by atoms with Gasteiger partial charge in [-0.15, -0.1) is 0 Å². The average Bonchev–Trinajstić information content (AvgIpc) is 2.64. The lowest BCUT2D eigenvalue weighted by Crippen LogP contribution is -2.32. The lowest BCUT2D eigenvalue weighted by atomic mass is 9.99. The van der Waals surface area contributed by atoms with Gasteiger partial charge in [0.15, 0.2) is 0 Å². The van der Waals surface area contributed by atoms with E-state index in [-0.39, 0.29) is 11.9 Å². The molecule has 1 heterocycles. The molecule has 1 atom stereocenters. The minimum absolute atomic E-state index is 0.00174. The molecule has 0 aliphatic carbocycles. The number of hydrogen-bond donors (Lipinski definition) is 1. The van der Waals surface area contributed by atoms with Crippen molar-refractivity contribution in [3.05, 3.63) is 70.8 Å². The molecule has 1 unspecified atom stereocenters. The second-order valence-electron chi connectivity index (χ2n) is 7.76. The molecule has 1 N–H and O–H groups in total. The van der Waals surface area contributed by atoms with E-state index in [1.807, 2.05) is 19.1 Å². The highest BCUT2D eigenvalue weighted by Crippen LogP contribution is 2.19. The van der Waals surface area contributed by atoms with Crippen LogP contribution < -0.4 is 5.32 Å². The predicted molar refractivity (Wildman–Crippen MR) is 107 cm³/mol. The van der Waals surface area contributed by atoms with E-state index >= 15 is 0 Å². The maximum absolute atomic E-state index is 12.5. The molecule has 1 aliphatic rings. The molecule has 3 heteroatoms. The first-order chi connectivity index (χ1) is 12.5. The van der Waals surface area contributed by atoms with Crippen molar-refractivity contribution in [1.82, 2.24) is 10.2 Å². The molecular weight excluding hydrogens is 320 g/mol. The van der Waals surface area contributed by atoms with Crippen LogP contribution in [0.3, 0.4) is 0 Å². The van der Waals surface area contributed by atoms with Crippen LogP contribution >= 0.6 is 0 Å². The van der Waals surface area contributed by atoms with E-state index in [9.17, 15) is 4.79 Å². The van der Waals surface area contributed by atoms with Crippen molar-refractivity contribution in [3.8, 4) is 0 Å². The quantitative estimate of drug-likeness (QED) is 0.846. The van der Waals surface area contributed by atoms with Crippen LogP contribution in [0.5, 0.6) is 0 Å². The van der Waals surface area contributed by atoms with E-state index < -0.39 is 0 Å². The Morgan fingerprint density at radius 1 is 1.08 bits per heavy atom. The van der Waals surface area contributed by atoms with E-state index in [1.54, 1.807) is 0 Å². The fraction of sp³-hybridized carbons (Fsp3) is 0.435. The largest absolute Gasteiger partial charge is 0.346 e. The molecule has 3 nitrogen and oxygen atoms in total. The highest BCUT2D eigenvalue weighted by Gasteiger charge is 2.16. The van der Waals surface area contributed by atoms with Crippen LogP contribution in [0.25, 0.3) is 0 Å². The van der Waals surface area contributed by atoms with Crippen molar-refractivity contribution < 1.29 is 4.79 Å². The molecule has 2 aromatic rings. The Balaban J connectivity index is 1.55. The number of nitrogens with zero attached hydrogens (tertiary/aromatic N) is 1. The van der Waals surface area contributed by atoms with Gasteiger partial charge in [0.2, 0.25) is 0 Å². The summed E-state index contributed by atoms with van der Waals surface area (Å²) in [5.74, 6) is 0.837. The van der Waals surface area contributed by atoms with E-state index in [1.165, 1.54) is 37.1 Å². The topological polar surface area (TPSA) is 32.3 Å². The van der Waals surface area contributed by atoms with Crippen LogP contribution in [0, 0.1) is 12.8 Å². The summed E-state index contributed by atoms with van der Waals surface area (Å²) in [4.78, 5) is 15.0. The molecule has 0 saturated carbocycles. The Morgan fingerprint density at radius 3 is 2.31 bits per heavy atom. The number of rotatable bonds is 5. The third-order valence-electron chi connectivity index (χ3n) is 5.42. The SMILES string of the molecule is Cc1ccc(C(C)NC(=O)c2ccc(CN3CCC(C)CC3)cc2)cc1. The molecule has 1 aliphatic heterocycles. The van der Waals surface area contributed by atoms with Crippen molar-refractivity contribution >= 4 is 5.91 Å². The van der Waals surface area contributed by atoms with Gasteiger partial charge in [0.25, 0.3) is 5.91 Å². The van der Waals surface area contributed by atoms with E-state index in [0.29, 0.717) is 0 Å². The first kappa shape index (κ1) is 18.7. The van der Waals surface area contributed by atoms with Gasteiger partial charge in [0.1, 0.15) is 0 Å². The minimum atomic E-state index is -0.0172. The third kappa shape index (κ3) is 4.95. The molecule has 0 radical (unpaired) electrons. The smallest absolute Gasteiger partial charge is 0.251 e. The summed E-state index contributed by atoms with van der Waals surface area (Å²) in [7, 11) is 0. The number of aryl methyl sites for hydroxylation is 1. The highest BCUT2D eigenvalue weighted by atomic mass is 16.1. The van der Waals surface area contributed by atoms with Crippen LogP contribution in [0.4, 0.5) is 0 Å². The summed E-state index contributed by atoms with van der Waals surface area (Å²) in [5.41, 5.74) is 4.36. The summed E-state index contributed by atoms with van der Waals surface area (Å²) in [6.07, 6.45) is 2.58. The number of piperidine rings is 1. The van der Waals surface area contributed by atoms with Gasteiger partial charge in [-0.05, 0) is 69.0 Å². The van der Waals surface area contributed by atoms with E-state index in [0.717, 1.165) is 23.6 Å². The fourth-order valence-electron chi connectivity index (χ4n) is 3.46. The molecule has 0 spiro atoms. The normalized spacial score (nSPS) is 17.0. The Morgan fingerprint density at radius 2 is 1.69 bits per heavy atom. The van der Waals surface area contributed by atoms with Crippen LogP contribution in [0.2, 0.25) is 0 Å². The first-order valence-corrected chi connectivity index (χ1v) is 9.70. The highest BCUT2D eigenvalue weighted by molar-refractivity contribution is 5.94. The number of likely N-dealkylation sites (tertiary alicyclic amines) is 1. The molecule has 1 saturated heterocycles. The first-order valence-electron chi connectivity index (χ1n) is 9.70. The predicted octanol–water partition coefficient (Wildman–Crippen LogP) is 4.72. The summed E-state index contributed by atoms with van der Waals surface area (Å²) in [6.45, 7) is 9.76. The average molecular weight is 351 g/mol. The fourth-order valence-corrected chi connectivity index (χ4v) is 3.46. The van der Waals surface area contributed by atoms with Crippen molar-refractivity contribution in [1.29, 1.82) is 0 Å². The van der Waals surface area contributed by atoms with Gasteiger partial charge in [0.05, 0.1) is 6.04 Å². The summed E-state index contributed by atoms with van der Waals surface area (Å²) < 4.78 is 0. The number of nitrogens with one attached hydrogen (secondary N) is 1. The van der Waals surface area contributed by atoms with E-state index in [4.69, 9.17) is 0 Å². The Hall–Kier alpha value is -2.13. The molecule has 2 aromatic carbocycles. The number of carbonyl (C=O) groups excluding carboxylic acids is 1. The molecule has 1 amide bonds. The molecule has 138 valence electrons. The molecule has 3 rings (SSSR count). The summed E-state index contributed by atoms with van der Waals surface area (Å²) in [6, 6.07) is 16.4. The third-order valence-corrected chi connectivity index (χ3v) is 5.42. The van der Waals surface area contributed by atoms with Gasteiger partial charge in [-0.3, -0.25) is 9.69 Å². The zero-order chi connectivity index (χ0) is 18.5. The van der Waals surface area contributed by atoms with Crippen LogP contribution in [-0.4, -0.2) is 23.9 Å². The summed E-state index contributed by atoms with van der Waals surface area (Å²) in [5, 5.41) is 3.09. The molecule has 26 heavy (non-hydrogen) atoms. The van der Waals surface area contributed by atoms with Crippen molar-refractivity contribution in [2.45, 2.75) is 46.2 Å². The molecule has 0 bridgehead atoms. The Labute approximate surface area is 157 Å². The zero-order valence-electron chi connectivity index (χ0n) is 16.2. The number of amides is 1. The van der Waals surface area contributed by atoms with Crippen molar-refractivity contribution in [2.75, 3.05) is 13.1 Å². The summed E-state index contributed by atoms with van der Waals surface area (Å²) >= 11 is 0. The van der Waals surface area contributed by atoms with Crippen LogP contribution in [0.15, 0.2) is 48.5 Å². The van der Waals surface area contributed by atoms with Gasteiger partial charge in [-0.25, -0.2) is 0 Å².